The van der Waals surface area contributed by atoms with Crippen LogP contribution in [-0.2, 0) is 11.3 Å². The molecule has 0 spiro atoms. The van der Waals surface area contributed by atoms with Crippen molar-refractivity contribution in [3.63, 3.8) is 0 Å². The molecule has 0 aliphatic heterocycles. The van der Waals surface area contributed by atoms with Crippen molar-refractivity contribution in [3.8, 4) is 17.1 Å². The normalized spacial score (nSPS) is 11.1. The molecule has 22 heavy (non-hydrogen) atoms. The summed E-state index contributed by atoms with van der Waals surface area (Å²) in [6.45, 7) is 5.58. The molecule has 0 bridgehead atoms. The molecule has 0 unspecified atom stereocenters. The van der Waals surface area contributed by atoms with Gasteiger partial charge in [0.15, 0.2) is 5.76 Å². The standard InChI is InChI=1S/C15H19N3O4/c1-15(2,3)21-14(19)17-9-10-8-12(18-22-10)11-6-5-7-16-13(11)20-4/h5-8H,9H2,1-4H3,(H,17,19). The lowest BCUT2D eigenvalue weighted by Crippen LogP contribution is -2.32. The van der Waals surface area contributed by atoms with Crippen LogP contribution in [-0.4, -0.2) is 28.9 Å². The van der Waals surface area contributed by atoms with E-state index in [1.165, 1.54) is 7.11 Å². The molecule has 0 saturated carbocycles. The molecule has 2 rings (SSSR count). The fourth-order valence-electron chi connectivity index (χ4n) is 1.75. The first kappa shape index (κ1) is 15.8. The first-order chi connectivity index (χ1) is 10.4. The number of hydrogen-bond donors (Lipinski definition) is 1. The van der Waals surface area contributed by atoms with Gasteiger partial charge in [-0.05, 0) is 32.9 Å². The topological polar surface area (TPSA) is 86.5 Å². The minimum Gasteiger partial charge on any atom is -0.481 e. The van der Waals surface area contributed by atoms with E-state index in [1.54, 1.807) is 39.1 Å². The van der Waals surface area contributed by atoms with Gasteiger partial charge in [0.1, 0.15) is 11.3 Å². The minimum absolute atomic E-state index is 0.185. The smallest absolute Gasteiger partial charge is 0.408 e. The van der Waals surface area contributed by atoms with Crippen molar-refractivity contribution in [2.24, 2.45) is 0 Å². The Labute approximate surface area is 128 Å². The number of amides is 1. The van der Waals surface area contributed by atoms with E-state index in [9.17, 15) is 4.79 Å². The lowest BCUT2D eigenvalue weighted by Gasteiger charge is -2.19. The Morgan fingerprint density at radius 2 is 2.18 bits per heavy atom. The molecular weight excluding hydrogens is 286 g/mol. The number of hydrogen-bond acceptors (Lipinski definition) is 6. The Morgan fingerprint density at radius 3 is 2.86 bits per heavy atom. The molecule has 0 radical (unpaired) electrons. The highest BCUT2D eigenvalue weighted by Gasteiger charge is 2.17. The Morgan fingerprint density at radius 1 is 1.41 bits per heavy atom. The summed E-state index contributed by atoms with van der Waals surface area (Å²) in [6, 6.07) is 5.33. The van der Waals surface area contributed by atoms with E-state index in [2.05, 4.69) is 15.5 Å². The van der Waals surface area contributed by atoms with Gasteiger partial charge in [0.25, 0.3) is 0 Å². The van der Waals surface area contributed by atoms with Gasteiger partial charge in [-0.25, -0.2) is 9.78 Å². The highest BCUT2D eigenvalue weighted by Crippen LogP contribution is 2.26. The van der Waals surface area contributed by atoms with Gasteiger partial charge in [0.2, 0.25) is 5.88 Å². The van der Waals surface area contributed by atoms with E-state index in [0.717, 1.165) is 5.56 Å². The van der Waals surface area contributed by atoms with Crippen LogP contribution in [0.4, 0.5) is 4.79 Å². The molecule has 0 aromatic carbocycles. The van der Waals surface area contributed by atoms with Crippen LogP contribution in [0.1, 0.15) is 26.5 Å². The zero-order chi connectivity index (χ0) is 16.2. The summed E-state index contributed by atoms with van der Waals surface area (Å²) >= 11 is 0. The zero-order valence-electron chi connectivity index (χ0n) is 13.0. The van der Waals surface area contributed by atoms with Crippen LogP contribution < -0.4 is 10.1 Å². The lowest BCUT2D eigenvalue weighted by molar-refractivity contribution is 0.0519. The first-order valence-corrected chi connectivity index (χ1v) is 6.81. The molecule has 1 amide bonds. The predicted molar refractivity (Wildman–Crippen MR) is 79.4 cm³/mol. The maximum atomic E-state index is 11.6. The van der Waals surface area contributed by atoms with Crippen LogP contribution >= 0.6 is 0 Å². The van der Waals surface area contributed by atoms with E-state index in [0.29, 0.717) is 17.3 Å². The van der Waals surface area contributed by atoms with Gasteiger partial charge in [-0.1, -0.05) is 5.16 Å². The van der Waals surface area contributed by atoms with Gasteiger partial charge >= 0.3 is 6.09 Å². The molecule has 2 aromatic heterocycles. The molecule has 7 nitrogen and oxygen atoms in total. The van der Waals surface area contributed by atoms with E-state index in [4.69, 9.17) is 14.0 Å². The molecule has 0 saturated heterocycles. The fraction of sp³-hybridized carbons (Fsp3) is 0.400. The predicted octanol–water partition coefficient (Wildman–Crippen LogP) is 2.77. The van der Waals surface area contributed by atoms with Crippen LogP contribution in [0.3, 0.4) is 0 Å². The molecule has 118 valence electrons. The van der Waals surface area contributed by atoms with Crippen LogP contribution in [0.25, 0.3) is 11.3 Å². The third-order valence-electron chi connectivity index (χ3n) is 2.61. The van der Waals surface area contributed by atoms with E-state index in [1.807, 2.05) is 6.07 Å². The highest BCUT2D eigenvalue weighted by molar-refractivity contribution is 5.68. The number of aromatic nitrogens is 2. The maximum Gasteiger partial charge on any atom is 0.408 e. The quantitative estimate of drug-likeness (QED) is 0.934. The maximum absolute atomic E-state index is 11.6. The van der Waals surface area contributed by atoms with Crippen LogP contribution in [0.5, 0.6) is 5.88 Å². The van der Waals surface area contributed by atoms with Gasteiger partial charge in [0, 0.05) is 12.3 Å². The van der Waals surface area contributed by atoms with Crippen molar-refractivity contribution in [3.05, 3.63) is 30.2 Å². The number of carbonyl (C=O) groups excluding carboxylic acids is 1. The van der Waals surface area contributed by atoms with Gasteiger partial charge in [-0.15, -0.1) is 0 Å². The monoisotopic (exact) mass is 305 g/mol. The number of methoxy groups -OCH3 is 1. The third kappa shape index (κ3) is 4.21. The van der Waals surface area contributed by atoms with Gasteiger partial charge in [-0.2, -0.15) is 0 Å². The number of ether oxygens (including phenoxy) is 2. The molecule has 0 aliphatic rings. The molecule has 0 fully saturated rings. The van der Waals surface area contributed by atoms with E-state index < -0.39 is 11.7 Å². The number of carbonyl (C=O) groups is 1. The van der Waals surface area contributed by atoms with Gasteiger partial charge in [-0.3, -0.25) is 0 Å². The summed E-state index contributed by atoms with van der Waals surface area (Å²) in [7, 11) is 1.54. The summed E-state index contributed by atoms with van der Waals surface area (Å²) < 4.78 is 15.5. The molecular formula is C15H19N3O4. The second kappa shape index (κ2) is 6.46. The second-order valence-corrected chi connectivity index (χ2v) is 5.59. The minimum atomic E-state index is -0.542. The number of alkyl carbamates (subject to hydrolysis) is 1. The van der Waals surface area contributed by atoms with Crippen molar-refractivity contribution in [1.29, 1.82) is 0 Å². The highest BCUT2D eigenvalue weighted by atomic mass is 16.6. The van der Waals surface area contributed by atoms with Crippen molar-refractivity contribution >= 4 is 6.09 Å². The molecule has 1 N–H and O–H groups in total. The largest absolute Gasteiger partial charge is 0.481 e. The SMILES string of the molecule is COc1ncccc1-c1cc(CNC(=O)OC(C)(C)C)on1. The van der Waals surface area contributed by atoms with Crippen molar-refractivity contribution < 1.29 is 18.8 Å². The Bertz CT molecular complexity index is 646. The van der Waals surface area contributed by atoms with Crippen molar-refractivity contribution in [2.45, 2.75) is 32.9 Å². The molecule has 2 aromatic rings. The molecule has 7 heteroatoms. The number of pyridine rings is 1. The summed E-state index contributed by atoms with van der Waals surface area (Å²) in [6.07, 6.45) is 1.12. The van der Waals surface area contributed by atoms with Crippen LogP contribution in [0.15, 0.2) is 28.9 Å². The third-order valence-corrected chi connectivity index (χ3v) is 2.61. The lowest BCUT2D eigenvalue weighted by atomic mass is 10.2. The average Bonchev–Trinajstić information content (AvgIpc) is 2.92. The summed E-state index contributed by atoms with van der Waals surface area (Å²) in [5, 5.41) is 6.57. The summed E-state index contributed by atoms with van der Waals surface area (Å²) in [5.41, 5.74) is 0.767. The summed E-state index contributed by atoms with van der Waals surface area (Å²) in [4.78, 5) is 15.7. The average molecular weight is 305 g/mol. The Kier molecular flexibility index (Phi) is 4.65. The number of rotatable bonds is 4. The Balaban J connectivity index is 2.02. The van der Waals surface area contributed by atoms with Crippen LogP contribution in [0, 0.1) is 0 Å². The zero-order valence-corrected chi connectivity index (χ0v) is 13.0. The second-order valence-electron chi connectivity index (χ2n) is 5.59. The molecule has 0 atom stereocenters. The van der Waals surface area contributed by atoms with Crippen LogP contribution in [0.2, 0.25) is 0 Å². The number of nitrogens with zero attached hydrogens (tertiary/aromatic N) is 2. The van der Waals surface area contributed by atoms with Crippen molar-refractivity contribution in [1.82, 2.24) is 15.5 Å². The molecule has 0 aliphatic carbocycles. The number of nitrogens with one attached hydrogen (secondary N) is 1. The summed E-state index contributed by atoms with van der Waals surface area (Å²) in [5.74, 6) is 0.967. The van der Waals surface area contributed by atoms with E-state index >= 15 is 0 Å². The van der Waals surface area contributed by atoms with Crippen molar-refractivity contribution in [2.75, 3.05) is 7.11 Å². The molecule has 2 heterocycles. The fourth-order valence-corrected chi connectivity index (χ4v) is 1.75. The Hall–Kier alpha value is -2.57. The first-order valence-electron chi connectivity index (χ1n) is 6.81. The van der Waals surface area contributed by atoms with Gasteiger partial charge in [0.05, 0.1) is 19.2 Å². The van der Waals surface area contributed by atoms with E-state index in [-0.39, 0.29) is 6.54 Å². The van der Waals surface area contributed by atoms with Gasteiger partial charge < -0.3 is 19.3 Å².